The van der Waals surface area contributed by atoms with E-state index in [0.717, 1.165) is 29.5 Å². The molecule has 7 nitrogen and oxygen atoms in total. The lowest BCUT2D eigenvalue weighted by molar-refractivity contribution is 0.0668. The average molecular weight is 365 g/mol. The average Bonchev–Trinajstić information content (AvgIpc) is 3.24. The van der Waals surface area contributed by atoms with Crippen LogP contribution in [-0.2, 0) is 19.4 Å². The number of nitrogens with one attached hydrogen (secondary N) is 2. The topological polar surface area (TPSA) is 72.1 Å². The Morgan fingerprint density at radius 3 is 2.92 bits per heavy atom. The van der Waals surface area contributed by atoms with E-state index in [-0.39, 0.29) is 18.4 Å². The smallest absolute Gasteiger partial charge is 0.319 e. The minimum absolute atomic E-state index is 0.178. The maximum Gasteiger partial charge on any atom is 0.319 e. The van der Waals surface area contributed by atoms with Gasteiger partial charge in [0.2, 0.25) is 0 Å². The largest absolute Gasteiger partial charge is 0.353 e. The first-order chi connectivity index (χ1) is 12.5. The Morgan fingerprint density at radius 1 is 1.42 bits per heavy atom. The van der Waals surface area contributed by atoms with E-state index in [0.29, 0.717) is 12.0 Å². The van der Waals surface area contributed by atoms with Crippen LogP contribution in [0.25, 0.3) is 0 Å². The molecule has 0 amide bonds. The highest BCUT2D eigenvalue weighted by Gasteiger charge is 2.23. The number of aliphatic imine (C=N–C) groups is 1. The van der Waals surface area contributed by atoms with Crippen molar-refractivity contribution in [3.8, 4) is 0 Å². The number of rotatable bonds is 5. The van der Waals surface area contributed by atoms with Crippen LogP contribution in [-0.4, -0.2) is 38.4 Å². The summed E-state index contributed by atoms with van der Waals surface area (Å²) in [4.78, 5) is 8.15. The fourth-order valence-electron chi connectivity index (χ4n) is 3.11. The van der Waals surface area contributed by atoms with E-state index in [1.807, 2.05) is 4.68 Å². The Labute approximate surface area is 151 Å². The van der Waals surface area contributed by atoms with E-state index < -0.39 is 6.55 Å². The molecular formula is C17H25F2N7. The molecule has 3 rings (SSSR count). The fourth-order valence-corrected chi connectivity index (χ4v) is 3.11. The standard InChI is InChI=1S/C17H25F2N7/c1-11(2)26-10-12-4-5-13(8-14(12)24-26)23-17(20-3)22-9-15-21-6-7-25(15)16(18)19/h6-7,10-11,13,16H,4-5,8-9H2,1-3H3,(H2,20,22,23). The van der Waals surface area contributed by atoms with Crippen molar-refractivity contribution < 1.29 is 8.78 Å². The summed E-state index contributed by atoms with van der Waals surface area (Å²) in [5.74, 6) is 0.843. The van der Waals surface area contributed by atoms with Crippen molar-refractivity contribution in [3.63, 3.8) is 0 Å². The second-order valence-electron chi connectivity index (χ2n) is 6.71. The van der Waals surface area contributed by atoms with Crippen LogP contribution >= 0.6 is 0 Å². The minimum Gasteiger partial charge on any atom is -0.353 e. The van der Waals surface area contributed by atoms with Gasteiger partial charge in [0.15, 0.2) is 5.96 Å². The third kappa shape index (κ3) is 4.03. The molecule has 0 fully saturated rings. The van der Waals surface area contributed by atoms with Crippen LogP contribution in [0.4, 0.5) is 8.78 Å². The van der Waals surface area contributed by atoms with Gasteiger partial charge in [-0.25, -0.2) is 4.98 Å². The van der Waals surface area contributed by atoms with Crippen molar-refractivity contribution in [2.24, 2.45) is 4.99 Å². The third-order valence-corrected chi connectivity index (χ3v) is 4.56. The second kappa shape index (κ2) is 7.84. The van der Waals surface area contributed by atoms with Crippen molar-refractivity contribution in [3.05, 3.63) is 35.7 Å². The van der Waals surface area contributed by atoms with Gasteiger partial charge in [0.05, 0.1) is 12.2 Å². The zero-order valence-corrected chi connectivity index (χ0v) is 15.3. The number of imidazole rings is 1. The number of guanidine groups is 1. The van der Waals surface area contributed by atoms with Crippen LogP contribution < -0.4 is 10.6 Å². The van der Waals surface area contributed by atoms with Gasteiger partial charge in [0.1, 0.15) is 5.82 Å². The number of aryl methyl sites for hydroxylation is 1. The van der Waals surface area contributed by atoms with E-state index in [2.05, 4.69) is 45.8 Å². The number of alkyl halides is 2. The molecule has 0 saturated carbocycles. The van der Waals surface area contributed by atoms with Crippen LogP contribution in [0.15, 0.2) is 23.6 Å². The first kappa shape index (κ1) is 18.3. The third-order valence-electron chi connectivity index (χ3n) is 4.56. The van der Waals surface area contributed by atoms with E-state index in [4.69, 9.17) is 0 Å². The summed E-state index contributed by atoms with van der Waals surface area (Å²) >= 11 is 0. The monoisotopic (exact) mass is 365 g/mol. The van der Waals surface area contributed by atoms with Gasteiger partial charge >= 0.3 is 6.55 Å². The quantitative estimate of drug-likeness (QED) is 0.630. The summed E-state index contributed by atoms with van der Waals surface area (Å²) in [5.41, 5.74) is 2.42. The molecule has 2 heterocycles. The molecule has 0 spiro atoms. The number of hydrogen-bond acceptors (Lipinski definition) is 3. The van der Waals surface area contributed by atoms with Gasteiger partial charge in [-0.1, -0.05) is 0 Å². The van der Waals surface area contributed by atoms with Crippen molar-refractivity contribution >= 4 is 5.96 Å². The van der Waals surface area contributed by atoms with Crippen molar-refractivity contribution in [1.29, 1.82) is 0 Å². The van der Waals surface area contributed by atoms with Crippen molar-refractivity contribution in [2.45, 2.75) is 58.3 Å². The molecule has 1 aliphatic carbocycles. The number of nitrogens with zero attached hydrogens (tertiary/aromatic N) is 5. The Kier molecular flexibility index (Phi) is 5.53. The molecule has 9 heteroatoms. The van der Waals surface area contributed by atoms with Gasteiger partial charge in [-0.15, -0.1) is 0 Å². The lowest BCUT2D eigenvalue weighted by Gasteiger charge is -2.24. The molecule has 0 aliphatic heterocycles. The van der Waals surface area contributed by atoms with Gasteiger partial charge in [-0.2, -0.15) is 13.9 Å². The summed E-state index contributed by atoms with van der Waals surface area (Å²) in [6.07, 6.45) is 7.53. The fraction of sp³-hybridized carbons (Fsp3) is 0.588. The van der Waals surface area contributed by atoms with Crippen LogP contribution in [0.5, 0.6) is 0 Å². The van der Waals surface area contributed by atoms with E-state index in [1.165, 1.54) is 18.0 Å². The Bertz CT molecular complexity index is 763. The number of halogens is 2. The molecule has 0 saturated heterocycles. The molecule has 1 unspecified atom stereocenters. The zero-order chi connectivity index (χ0) is 18.7. The van der Waals surface area contributed by atoms with Gasteiger partial charge in [0.25, 0.3) is 0 Å². The molecular weight excluding hydrogens is 340 g/mol. The Morgan fingerprint density at radius 2 is 2.23 bits per heavy atom. The first-order valence-corrected chi connectivity index (χ1v) is 8.82. The first-order valence-electron chi connectivity index (χ1n) is 8.82. The molecule has 142 valence electrons. The Balaban J connectivity index is 1.58. The van der Waals surface area contributed by atoms with Gasteiger partial charge in [-0.3, -0.25) is 14.2 Å². The molecule has 2 aromatic heterocycles. The van der Waals surface area contributed by atoms with Gasteiger partial charge in [-0.05, 0) is 32.3 Å². The molecule has 2 N–H and O–H groups in total. The molecule has 2 aromatic rings. The van der Waals surface area contributed by atoms with Crippen molar-refractivity contribution in [1.82, 2.24) is 30.0 Å². The number of hydrogen-bond donors (Lipinski definition) is 2. The van der Waals surface area contributed by atoms with Crippen molar-refractivity contribution in [2.75, 3.05) is 7.05 Å². The van der Waals surface area contributed by atoms with E-state index >= 15 is 0 Å². The maximum atomic E-state index is 12.9. The SMILES string of the molecule is CN=C(NCc1nccn1C(F)F)NC1CCc2cn(C(C)C)nc2C1. The predicted octanol–water partition coefficient (Wildman–Crippen LogP) is 2.28. The predicted molar refractivity (Wildman–Crippen MR) is 95.2 cm³/mol. The lowest BCUT2D eigenvalue weighted by Crippen LogP contribution is -2.45. The van der Waals surface area contributed by atoms with Crippen LogP contribution in [0.1, 0.15) is 49.9 Å². The summed E-state index contributed by atoms with van der Waals surface area (Å²) < 4.78 is 28.6. The molecule has 0 radical (unpaired) electrons. The number of aromatic nitrogens is 4. The summed E-state index contributed by atoms with van der Waals surface area (Å²) in [5, 5.41) is 11.1. The molecule has 0 bridgehead atoms. The van der Waals surface area contributed by atoms with Crippen LogP contribution in [0, 0.1) is 0 Å². The molecule has 26 heavy (non-hydrogen) atoms. The summed E-state index contributed by atoms with van der Waals surface area (Å²) in [6, 6.07) is 0.555. The molecule has 1 atom stereocenters. The van der Waals surface area contributed by atoms with Gasteiger partial charge < -0.3 is 10.6 Å². The summed E-state index contributed by atoms with van der Waals surface area (Å²) in [7, 11) is 1.66. The molecule has 1 aliphatic rings. The minimum atomic E-state index is -2.60. The van der Waals surface area contributed by atoms with Gasteiger partial charge in [0, 0.05) is 44.1 Å². The number of fused-ring (bicyclic) bond motifs is 1. The van der Waals surface area contributed by atoms with E-state index in [1.54, 1.807) is 7.05 Å². The molecule has 0 aromatic carbocycles. The summed E-state index contributed by atoms with van der Waals surface area (Å²) in [6.45, 7) is 1.81. The lowest BCUT2D eigenvalue weighted by atomic mass is 9.94. The second-order valence-corrected chi connectivity index (χ2v) is 6.71. The normalized spacial score (nSPS) is 17.7. The highest BCUT2D eigenvalue weighted by atomic mass is 19.3. The van der Waals surface area contributed by atoms with Crippen LogP contribution in [0.3, 0.4) is 0 Å². The Hall–Kier alpha value is -2.45. The van der Waals surface area contributed by atoms with Crippen LogP contribution in [0.2, 0.25) is 0 Å². The zero-order valence-electron chi connectivity index (χ0n) is 15.3. The highest BCUT2D eigenvalue weighted by Crippen LogP contribution is 2.21. The van der Waals surface area contributed by atoms with E-state index in [9.17, 15) is 8.78 Å². The maximum absolute atomic E-state index is 12.9. The highest BCUT2D eigenvalue weighted by molar-refractivity contribution is 5.79.